The maximum Gasteiger partial charge on any atom is 0.109 e. The molecule has 0 saturated carbocycles. The molecule has 0 aliphatic carbocycles. The first-order valence-corrected chi connectivity index (χ1v) is 6.23. The van der Waals surface area contributed by atoms with Crippen molar-refractivity contribution in [2.75, 3.05) is 13.6 Å². The van der Waals surface area contributed by atoms with E-state index in [2.05, 4.69) is 41.8 Å². The van der Waals surface area contributed by atoms with Gasteiger partial charge >= 0.3 is 0 Å². The number of hydrogen-bond donors (Lipinski definition) is 1. The van der Waals surface area contributed by atoms with E-state index in [-0.39, 0.29) is 0 Å². The Morgan fingerprint density at radius 1 is 1.44 bits per heavy atom. The van der Waals surface area contributed by atoms with Gasteiger partial charge in [0.05, 0.1) is 0 Å². The summed E-state index contributed by atoms with van der Waals surface area (Å²) in [4.78, 5) is 4.47. The number of nitrogens with zero attached hydrogens (tertiary/aromatic N) is 2. The molecule has 0 atom stereocenters. The van der Waals surface area contributed by atoms with Crippen molar-refractivity contribution in [2.45, 2.75) is 46.6 Å². The molecule has 1 heterocycles. The first-order chi connectivity index (χ1) is 7.59. The molecule has 0 amide bonds. The highest BCUT2D eigenvalue weighted by Gasteiger charge is 2.20. The number of aromatic nitrogens is 2. The molecule has 0 radical (unpaired) electrons. The fourth-order valence-electron chi connectivity index (χ4n) is 1.93. The molecular weight excluding hydrogens is 198 g/mol. The second-order valence-corrected chi connectivity index (χ2v) is 5.23. The Morgan fingerprint density at radius 3 is 2.81 bits per heavy atom. The lowest BCUT2D eigenvalue weighted by atomic mass is 9.85. The first kappa shape index (κ1) is 13.2. The number of hydrogen-bond acceptors (Lipinski definition) is 2. The molecule has 1 N–H and O–H groups in total. The number of rotatable bonds is 7. The molecule has 0 aliphatic heterocycles. The Bertz CT molecular complexity index is 302. The van der Waals surface area contributed by atoms with Crippen molar-refractivity contribution in [2.24, 2.45) is 5.41 Å². The molecule has 0 saturated heterocycles. The SMILES string of the molecule is CCCn1ccnc1CC(C)(C)CCNC. The molecular formula is C13H25N3. The molecule has 0 aliphatic rings. The van der Waals surface area contributed by atoms with Crippen LogP contribution in [-0.4, -0.2) is 23.1 Å². The summed E-state index contributed by atoms with van der Waals surface area (Å²) in [5, 5.41) is 3.22. The van der Waals surface area contributed by atoms with Crippen molar-refractivity contribution in [3.8, 4) is 0 Å². The summed E-state index contributed by atoms with van der Waals surface area (Å²) in [7, 11) is 2.01. The molecule has 0 fully saturated rings. The lowest BCUT2D eigenvalue weighted by molar-refractivity contribution is 0.317. The van der Waals surface area contributed by atoms with Crippen LogP contribution >= 0.6 is 0 Å². The van der Waals surface area contributed by atoms with Gasteiger partial charge in [0.2, 0.25) is 0 Å². The third-order valence-electron chi connectivity index (χ3n) is 2.95. The highest BCUT2D eigenvalue weighted by Crippen LogP contribution is 2.24. The predicted octanol–water partition coefficient (Wildman–Crippen LogP) is 2.47. The lowest BCUT2D eigenvalue weighted by Crippen LogP contribution is -2.23. The third-order valence-corrected chi connectivity index (χ3v) is 2.95. The van der Waals surface area contributed by atoms with Crippen LogP contribution in [0.5, 0.6) is 0 Å². The van der Waals surface area contributed by atoms with Crippen molar-refractivity contribution in [1.82, 2.24) is 14.9 Å². The molecule has 3 heteroatoms. The van der Waals surface area contributed by atoms with Crippen LogP contribution in [0.2, 0.25) is 0 Å². The van der Waals surface area contributed by atoms with Crippen molar-refractivity contribution in [3.05, 3.63) is 18.2 Å². The Labute approximate surface area is 99.3 Å². The molecule has 0 aromatic carbocycles. The van der Waals surface area contributed by atoms with Crippen molar-refractivity contribution in [1.29, 1.82) is 0 Å². The van der Waals surface area contributed by atoms with Crippen molar-refractivity contribution in [3.63, 3.8) is 0 Å². The third kappa shape index (κ3) is 3.97. The van der Waals surface area contributed by atoms with Crippen LogP contribution in [0.4, 0.5) is 0 Å². The quantitative estimate of drug-likeness (QED) is 0.769. The van der Waals surface area contributed by atoms with Gasteiger partial charge in [0, 0.05) is 25.4 Å². The van der Waals surface area contributed by atoms with E-state index in [1.54, 1.807) is 0 Å². The van der Waals surface area contributed by atoms with E-state index in [1.165, 1.54) is 18.7 Å². The largest absolute Gasteiger partial charge is 0.335 e. The topological polar surface area (TPSA) is 29.9 Å². The number of nitrogens with one attached hydrogen (secondary N) is 1. The van der Waals surface area contributed by atoms with E-state index in [9.17, 15) is 0 Å². The monoisotopic (exact) mass is 223 g/mol. The fourth-order valence-corrected chi connectivity index (χ4v) is 1.93. The molecule has 1 rings (SSSR count). The maximum absolute atomic E-state index is 4.47. The summed E-state index contributed by atoms with van der Waals surface area (Å²) < 4.78 is 2.28. The molecule has 1 aromatic heterocycles. The van der Waals surface area contributed by atoms with E-state index in [4.69, 9.17) is 0 Å². The van der Waals surface area contributed by atoms with Gasteiger partial charge in [-0.05, 0) is 31.8 Å². The van der Waals surface area contributed by atoms with Crippen molar-refractivity contribution < 1.29 is 0 Å². The Kier molecular flexibility index (Phi) is 5.00. The highest BCUT2D eigenvalue weighted by atomic mass is 15.1. The second-order valence-electron chi connectivity index (χ2n) is 5.23. The first-order valence-electron chi connectivity index (χ1n) is 6.23. The predicted molar refractivity (Wildman–Crippen MR) is 68.5 cm³/mol. The Balaban J connectivity index is 2.60. The van der Waals surface area contributed by atoms with E-state index in [1.807, 2.05) is 13.2 Å². The Hall–Kier alpha value is -0.830. The van der Waals surface area contributed by atoms with Gasteiger partial charge < -0.3 is 9.88 Å². The normalized spacial score (nSPS) is 12.0. The molecule has 0 bridgehead atoms. The summed E-state index contributed by atoms with van der Waals surface area (Å²) >= 11 is 0. The lowest BCUT2D eigenvalue weighted by Gasteiger charge is -2.24. The zero-order valence-electron chi connectivity index (χ0n) is 11.1. The average Bonchev–Trinajstić information content (AvgIpc) is 2.63. The van der Waals surface area contributed by atoms with Crippen LogP contribution in [0.25, 0.3) is 0 Å². The van der Waals surface area contributed by atoms with Gasteiger partial charge in [-0.2, -0.15) is 0 Å². The van der Waals surface area contributed by atoms with E-state index in [0.717, 1.165) is 19.5 Å². The maximum atomic E-state index is 4.47. The minimum atomic E-state index is 0.319. The number of imidazole rings is 1. The average molecular weight is 223 g/mol. The summed E-state index contributed by atoms with van der Waals surface area (Å²) in [6, 6.07) is 0. The highest BCUT2D eigenvalue weighted by molar-refractivity contribution is 4.96. The van der Waals surface area contributed by atoms with Crippen LogP contribution in [-0.2, 0) is 13.0 Å². The zero-order valence-corrected chi connectivity index (χ0v) is 11.1. The summed E-state index contributed by atoms with van der Waals surface area (Å²) in [5.74, 6) is 1.22. The van der Waals surface area contributed by atoms with Gasteiger partial charge in [0.15, 0.2) is 0 Å². The molecule has 0 spiro atoms. The molecule has 1 aromatic rings. The smallest absolute Gasteiger partial charge is 0.109 e. The Morgan fingerprint density at radius 2 is 2.19 bits per heavy atom. The van der Waals surface area contributed by atoms with Crippen LogP contribution < -0.4 is 5.32 Å². The minimum absolute atomic E-state index is 0.319. The van der Waals surface area contributed by atoms with Crippen LogP contribution in [0.3, 0.4) is 0 Å². The van der Waals surface area contributed by atoms with Gasteiger partial charge in [0.25, 0.3) is 0 Å². The minimum Gasteiger partial charge on any atom is -0.335 e. The van der Waals surface area contributed by atoms with Gasteiger partial charge in [-0.3, -0.25) is 0 Å². The molecule has 16 heavy (non-hydrogen) atoms. The molecule has 92 valence electrons. The standard InChI is InChI=1S/C13H25N3/c1-5-9-16-10-8-15-12(16)11-13(2,3)6-7-14-4/h8,10,14H,5-7,9,11H2,1-4H3. The fraction of sp³-hybridized carbons (Fsp3) is 0.769. The second kappa shape index (κ2) is 6.04. The zero-order chi connectivity index (χ0) is 12.0. The number of aryl methyl sites for hydroxylation is 1. The molecule has 0 unspecified atom stereocenters. The summed E-state index contributed by atoms with van der Waals surface area (Å²) in [5.41, 5.74) is 0.319. The van der Waals surface area contributed by atoms with Gasteiger partial charge in [-0.15, -0.1) is 0 Å². The van der Waals surface area contributed by atoms with Crippen molar-refractivity contribution >= 4 is 0 Å². The van der Waals surface area contributed by atoms with E-state index >= 15 is 0 Å². The van der Waals surface area contributed by atoms with Crippen LogP contribution in [0.1, 0.15) is 39.4 Å². The van der Waals surface area contributed by atoms with Crippen LogP contribution in [0, 0.1) is 5.41 Å². The van der Waals surface area contributed by atoms with E-state index < -0.39 is 0 Å². The van der Waals surface area contributed by atoms with Gasteiger partial charge in [0.1, 0.15) is 5.82 Å². The van der Waals surface area contributed by atoms with E-state index in [0.29, 0.717) is 5.41 Å². The summed E-state index contributed by atoms with van der Waals surface area (Å²) in [6.07, 6.45) is 7.41. The summed E-state index contributed by atoms with van der Waals surface area (Å²) in [6.45, 7) is 8.99. The van der Waals surface area contributed by atoms with Crippen LogP contribution in [0.15, 0.2) is 12.4 Å². The molecule has 3 nitrogen and oxygen atoms in total. The van der Waals surface area contributed by atoms with Gasteiger partial charge in [-0.25, -0.2) is 4.98 Å². The van der Waals surface area contributed by atoms with Gasteiger partial charge in [-0.1, -0.05) is 20.8 Å².